The molecule has 0 amide bonds. The highest BCUT2D eigenvalue weighted by atomic mass is 32.5. The normalized spacial score (nSPS) is 32.4. The van der Waals surface area contributed by atoms with Crippen molar-refractivity contribution in [2.45, 2.75) is 63.7 Å². The summed E-state index contributed by atoms with van der Waals surface area (Å²) in [7, 11) is 0.973. The van der Waals surface area contributed by atoms with E-state index in [1.807, 2.05) is 21.7 Å². The average molecular weight is 428 g/mol. The van der Waals surface area contributed by atoms with Crippen LogP contribution in [0.4, 0.5) is 0 Å². The molecule has 0 aromatic heterocycles. The van der Waals surface area contributed by atoms with E-state index in [4.69, 9.17) is 25.6 Å². The van der Waals surface area contributed by atoms with E-state index in [2.05, 4.69) is 4.52 Å². The van der Waals surface area contributed by atoms with Gasteiger partial charge in [0.1, 0.15) is 7.85 Å². The first-order valence-corrected chi connectivity index (χ1v) is 13.1. The minimum absolute atomic E-state index is 0.132. The van der Waals surface area contributed by atoms with Crippen molar-refractivity contribution in [2.24, 2.45) is 5.92 Å². The van der Waals surface area contributed by atoms with Gasteiger partial charge in [0, 0.05) is 26.0 Å². The molecule has 0 aromatic carbocycles. The fourth-order valence-corrected chi connectivity index (χ4v) is 5.75. The van der Waals surface area contributed by atoms with Crippen LogP contribution in [0.3, 0.4) is 0 Å². The summed E-state index contributed by atoms with van der Waals surface area (Å²) in [5.74, 6) is 1.04. The lowest BCUT2D eigenvalue weighted by Crippen LogP contribution is -2.31. The van der Waals surface area contributed by atoms with E-state index < -0.39 is 20.4 Å². The summed E-state index contributed by atoms with van der Waals surface area (Å²) < 4.78 is 33.3. The summed E-state index contributed by atoms with van der Waals surface area (Å²) in [6.45, 7) is 0.538. The molecular weight excluding hydrogens is 397 g/mol. The molecule has 1 aliphatic carbocycles. The van der Waals surface area contributed by atoms with Crippen molar-refractivity contribution < 1.29 is 32.7 Å². The van der Waals surface area contributed by atoms with E-state index in [9.17, 15) is 14.4 Å². The molecule has 1 rings (SSSR count). The summed E-state index contributed by atoms with van der Waals surface area (Å²) in [4.78, 5) is 20.2. The third-order valence-corrected chi connectivity index (χ3v) is 7.27. The molecule has 26 heavy (non-hydrogen) atoms. The second-order valence-electron chi connectivity index (χ2n) is 6.63. The standard InChI is InChI=1S/C15H31BO7P2S/c1-5-7-12(6-2)22-25(19,26)23-14-11(8-9-24(17,18)21-4)10-13(16)15(14)20-3/h8-9,11-15H,5-7,10,16H2,1-4H3,(H,17,18)(H,19,26)/b9-8+/t11-,12?,13+,14+,15-,25?/m0/s1. The Bertz CT molecular complexity index is 562. The number of methoxy groups -OCH3 is 1. The maximum atomic E-state index is 11.7. The van der Waals surface area contributed by atoms with Gasteiger partial charge in [-0.05, 0) is 36.9 Å². The Morgan fingerprint density at radius 1 is 1.31 bits per heavy atom. The molecule has 0 aliphatic heterocycles. The van der Waals surface area contributed by atoms with Gasteiger partial charge in [-0.25, -0.2) is 0 Å². The largest absolute Gasteiger partial charge is 0.379 e. The maximum Gasteiger partial charge on any atom is 0.351 e. The molecule has 0 radical (unpaired) electrons. The quantitative estimate of drug-likeness (QED) is 0.383. The molecule has 0 spiro atoms. The minimum atomic E-state index is -3.78. The topological polar surface area (TPSA) is 94.5 Å². The Morgan fingerprint density at radius 2 is 1.96 bits per heavy atom. The van der Waals surface area contributed by atoms with E-state index in [1.54, 1.807) is 13.2 Å². The summed E-state index contributed by atoms with van der Waals surface area (Å²) in [6.07, 6.45) is 3.69. The molecule has 3 unspecified atom stereocenters. The van der Waals surface area contributed by atoms with Gasteiger partial charge in [-0.2, -0.15) is 0 Å². The van der Waals surface area contributed by atoms with Crippen molar-refractivity contribution in [1.82, 2.24) is 0 Å². The van der Waals surface area contributed by atoms with Gasteiger partial charge in [0.25, 0.3) is 0 Å². The van der Waals surface area contributed by atoms with E-state index in [1.165, 1.54) is 7.11 Å². The van der Waals surface area contributed by atoms with Crippen LogP contribution < -0.4 is 0 Å². The van der Waals surface area contributed by atoms with Gasteiger partial charge in [0.05, 0.1) is 18.3 Å². The Hall–Kier alpha value is 0.445. The van der Waals surface area contributed by atoms with Gasteiger partial charge in [-0.15, -0.1) is 0 Å². The van der Waals surface area contributed by atoms with Crippen molar-refractivity contribution in [3.8, 4) is 0 Å². The molecule has 1 fully saturated rings. The predicted molar refractivity (Wildman–Crippen MR) is 109 cm³/mol. The van der Waals surface area contributed by atoms with Crippen LogP contribution in [0.1, 0.15) is 39.5 Å². The third-order valence-electron chi connectivity index (χ3n) is 4.61. The first-order valence-electron chi connectivity index (χ1n) is 8.89. The van der Waals surface area contributed by atoms with E-state index >= 15 is 0 Å². The van der Waals surface area contributed by atoms with Crippen LogP contribution in [0.25, 0.3) is 0 Å². The van der Waals surface area contributed by atoms with Crippen molar-refractivity contribution in [1.29, 1.82) is 0 Å². The lowest BCUT2D eigenvalue weighted by molar-refractivity contribution is -0.00181. The van der Waals surface area contributed by atoms with Crippen LogP contribution in [0.5, 0.6) is 0 Å². The minimum Gasteiger partial charge on any atom is -0.379 e. The summed E-state index contributed by atoms with van der Waals surface area (Å²) in [6, 6.07) is 0. The van der Waals surface area contributed by atoms with Crippen LogP contribution >= 0.6 is 14.3 Å². The van der Waals surface area contributed by atoms with Crippen LogP contribution in [0, 0.1) is 5.92 Å². The van der Waals surface area contributed by atoms with Gasteiger partial charge >= 0.3 is 14.3 Å². The zero-order valence-corrected chi connectivity index (χ0v) is 18.7. The zero-order valence-electron chi connectivity index (χ0n) is 16.1. The fourth-order valence-electron chi connectivity index (χ4n) is 3.26. The number of ether oxygens (including phenoxy) is 1. The Labute approximate surface area is 162 Å². The molecule has 0 heterocycles. The maximum absolute atomic E-state index is 11.7. The van der Waals surface area contributed by atoms with Crippen LogP contribution in [0.2, 0.25) is 5.82 Å². The van der Waals surface area contributed by atoms with Gasteiger partial charge in [-0.1, -0.05) is 26.3 Å². The molecule has 0 aromatic rings. The molecule has 2 N–H and O–H groups in total. The first kappa shape index (κ1) is 24.5. The molecule has 1 saturated carbocycles. The molecule has 7 atom stereocenters. The van der Waals surface area contributed by atoms with Gasteiger partial charge < -0.3 is 28.1 Å². The van der Waals surface area contributed by atoms with Crippen molar-refractivity contribution >= 4 is 34.0 Å². The molecule has 11 heteroatoms. The Kier molecular flexibility index (Phi) is 10.2. The number of hydrogen-bond donors (Lipinski definition) is 2. The summed E-state index contributed by atoms with van der Waals surface area (Å²) >= 11 is 5.22. The van der Waals surface area contributed by atoms with Crippen LogP contribution in [0.15, 0.2) is 11.9 Å². The molecule has 7 nitrogen and oxygen atoms in total. The fraction of sp³-hybridized carbons (Fsp3) is 0.867. The smallest absolute Gasteiger partial charge is 0.351 e. The summed E-state index contributed by atoms with van der Waals surface area (Å²) in [5, 5.41) is 0. The van der Waals surface area contributed by atoms with Gasteiger partial charge in [0.2, 0.25) is 0 Å². The second kappa shape index (κ2) is 10.8. The average Bonchev–Trinajstić information content (AvgIpc) is 2.86. The molecule has 152 valence electrons. The highest BCUT2D eigenvalue weighted by molar-refractivity contribution is 8.07. The first-order chi connectivity index (χ1) is 12.1. The van der Waals surface area contributed by atoms with Crippen LogP contribution in [-0.2, 0) is 34.7 Å². The Morgan fingerprint density at radius 3 is 2.46 bits per heavy atom. The number of rotatable bonds is 11. The molecule has 0 saturated heterocycles. The third kappa shape index (κ3) is 7.46. The predicted octanol–water partition coefficient (Wildman–Crippen LogP) is 2.99. The van der Waals surface area contributed by atoms with Crippen molar-refractivity contribution in [3.05, 3.63) is 11.9 Å². The highest BCUT2D eigenvalue weighted by Crippen LogP contribution is 2.53. The van der Waals surface area contributed by atoms with Crippen molar-refractivity contribution in [3.63, 3.8) is 0 Å². The van der Waals surface area contributed by atoms with Gasteiger partial charge in [0.15, 0.2) is 0 Å². The lowest BCUT2D eigenvalue weighted by atomic mass is 9.83. The molecular formula is C15H31BO7P2S. The van der Waals surface area contributed by atoms with Gasteiger partial charge in [-0.3, -0.25) is 4.57 Å². The summed E-state index contributed by atoms with van der Waals surface area (Å²) in [5.41, 5.74) is 0. The molecule has 1 aliphatic rings. The Balaban J connectivity index is 2.95. The molecule has 0 bridgehead atoms. The lowest BCUT2D eigenvalue weighted by Gasteiger charge is -2.30. The zero-order chi connectivity index (χ0) is 20.0. The highest BCUT2D eigenvalue weighted by Gasteiger charge is 2.44. The second-order valence-corrected chi connectivity index (χ2v) is 11.2. The van der Waals surface area contributed by atoms with E-state index in [0.29, 0.717) is 6.42 Å². The SMILES string of the molecule is B[C@@H]1C[C@H](/C=C/P(=O)(O)OC)[C@@H](OP(O)(=S)OC(CC)CCC)[C@H]1OC. The van der Waals surface area contributed by atoms with Crippen molar-refractivity contribution in [2.75, 3.05) is 14.2 Å². The monoisotopic (exact) mass is 428 g/mol. The number of hydrogen-bond acceptors (Lipinski definition) is 6. The van der Waals surface area contributed by atoms with Crippen LogP contribution in [-0.4, -0.2) is 50.2 Å². The van der Waals surface area contributed by atoms with E-state index in [-0.39, 0.29) is 23.9 Å². The van der Waals surface area contributed by atoms with E-state index in [0.717, 1.165) is 25.1 Å².